The van der Waals surface area contributed by atoms with Crippen LogP contribution in [-0.4, -0.2) is 146 Å². The molecule has 0 saturated carbocycles. The van der Waals surface area contributed by atoms with Crippen LogP contribution in [0.25, 0.3) is 10.4 Å². The molecule has 20 nitrogen and oxygen atoms in total. The average Bonchev–Trinajstić information content (AvgIpc) is 4.11. The number of likely N-dealkylation sites (tertiary alicyclic amines) is 1. The lowest BCUT2D eigenvalue weighted by Gasteiger charge is -2.38. The number of hydrogen-bond acceptors (Lipinski definition) is 13. The van der Waals surface area contributed by atoms with Gasteiger partial charge in [0.2, 0.25) is 41.4 Å². The number of carbonyl (C=O) groups excluding carboxylic acids is 8. The average molecular weight is 1100 g/mol. The third-order valence-electron chi connectivity index (χ3n) is 14.3. The number of ether oxygens (including phenoxy) is 2. The van der Waals surface area contributed by atoms with Gasteiger partial charge in [0.15, 0.2) is 11.6 Å². The standard InChI is InChI=1S/C56H78FN9O11S/c1-31-24-37(12-11-13-46(70)63-49(55(5,6)7)53(74)65-27-40(68)26-43(65)51(72)60-32(2)35-14-16-36(17-15-35)48-33(3)59-30-78-48)47(57)44(25-31)76-29-38(18-21-45(58)69)61-50(71)42-20-19-39-22-23-64(34(4)67)28-41(52(73)66(39)42)62-54(75)77-56(8,9)10/h14-17,24-25,30,32,38-43,49,68H,11-13,18-23,26-29H2,1-10H3,(H2,58,69)(H,60,72)(H,61,71)(H,62,75)(H,63,70)/t32-,38-,39+,40+,41-,42-,43-,49+/m0/s1. The first kappa shape index (κ1) is 60.5. The highest BCUT2D eigenvalue weighted by atomic mass is 32.1. The van der Waals surface area contributed by atoms with Crippen molar-refractivity contribution >= 4 is 58.8 Å². The summed E-state index contributed by atoms with van der Waals surface area (Å²) >= 11 is 1.55. The summed E-state index contributed by atoms with van der Waals surface area (Å²) in [4.78, 5) is 117. The first-order valence-corrected chi connectivity index (χ1v) is 27.6. The predicted octanol–water partition coefficient (Wildman–Crippen LogP) is 4.89. The van der Waals surface area contributed by atoms with Gasteiger partial charge in [0.25, 0.3) is 0 Å². The number of aliphatic hydroxyl groups excluding tert-OH is 1. The number of alkyl carbamates (subject to hydrolysis) is 1. The van der Waals surface area contributed by atoms with Crippen molar-refractivity contribution in [2.45, 2.75) is 181 Å². The maximum absolute atomic E-state index is 16.3. The Morgan fingerprint density at radius 1 is 0.923 bits per heavy atom. The molecule has 3 saturated heterocycles. The smallest absolute Gasteiger partial charge is 0.408 e. The van der Waals surface area contributed by atoms with Gasteiger partial charge in [-0.25, -0.2) is 14.2 Å². The number of amides is 8. The number of fused-ring (bicyclic) bond motifs is 1. The Kier molecular flexibility index (Phi) is 20.1. The summed E-state index contributed by atoms with van der Waals surface area (Å²) < 4.78 is 27.7. The van der Waals surface area contributed by atoms with Crippen molar-refractivity contribution in [2.75, 3.05) is 26.2 Å². The van der Waals surface area contributed by atoms with Crippen molar-refractivity contribution in [1.29, 1.82) is 0 Å². The van der Waals surface area contributed by atoms with Gasteiger partial charge in [0, 0.05) is 45.3 Å². The molecule has 3 aromatic rings. The fraction of sp³-hybridized carbons (Fsp3) is 0.589. The molecule has 0 bridgehead atoms. The molecule has 8 amide bonds. The molecule has 0 spiro atoms. The van der Waals surface area contributed by atoms with Crippen LogP contribution in [0.3, 0.4) is 0 Å². The highest BCUT2D eigenvalue weighted by Crippen LogP contribution is 2.33. The van der Waals surface area contributed by atoms with Gasteiger partial charge in [-0.05, 0) is 114 Å². The molecule has 4 heterocycles. The number of rotatable bonds is 19. The second-order valence-corrected chi connectivity index (χ2v) is 23.8. The van der Waals surface area contributed by atoms with Crippen LogP contribution in [0.4, 0.5) is 9.18 Å². The first-order chi connectivity index (χ1) is 36.6. The zero-order chi connectivity index (χ0) is 57.4. The molecule has 78 heavy (non-hydrogen) atoms. The van der Waals surface area contributed by atoms with Gasteiger partial charge in [-0.15, -0.1) is 11.3 Å². The van der Waals surface area contributed by atoms with Gasteiger partial charge < -0.3 is 56.3 Å². The lowest BCUT2D eigenvalue weighted by molar-refractivity contribution is -0.145. The Hall–Kier alpha value is -6.68. The van der Waals surface area contributed by atoms with Crippen molar-refractivity contribution in [3.8, 4) is 16.2 Å². The second kappa shape index (κ2) is 25.9. The van der Waals surface area contributed by atoms with Crippen LogP contribution in [0.2, 0.25) is 0 Å². The third-order valence-corrected chi connectivity index (χ3v) is 15.3. The maximum atomic E-state index is 16.3. The number of thiazole rings is 1. The van der Waals surface area contributed by atoms with E-state index in [4.69, 9.17) is 15.2 Å². The van der Waals surface area contributed by atoms with Crippen molar-refractivity contribution in [1.82, 2.24) is 41.0 Å². The summed E-state index contributed by atoms with van der Waals surface area (Å²) in [6.45, 7) is 17.1. The third kappa shape index (κ3) is 16.0. The molecule has 7 N–H and O–H groups in total. The second-order valence-electron chi connectivity index (χ2n) is 22.9. The molecular weight excluding hydrogens is 1030 g/mol. The van der Waals surface area contributed by atoms with Crippen LogP contribution in [0.15, 0.2) is 41.9 Å². The zero-order valence-corrected chi connectivity index (χ0v) is 47.4. The van der Waals surface area contributed by atoms with E-state index in [1.54, 1.807) is 71.4 Å². The van der Waals surface area contributed by atoms with E-state index in [2.05, 4.69) is 26.3 Å². The molecule has 0 aliphatic carbocycles. The quantitative estimate of drug-likeness (QED) is 0.0937. The van der Waals surface area contributed by atoms with Crippen LogP contribution in [-0.2, 0) is 44.7 Å². The monoisotopic (exact) mass is 1100 g/mol. The number of aryl methyl sites for hydroxylation is 3. The van der Waals surface area contributed by atoms with E-state index < -0.39 is 107 Å². The molecule has 3 aliphatic rings. The van der Waals surface area contributed by atoms with Crippen molar-refractivity contribution < 1.29 is 57.3 Å². The molecule has 0 unspecified atom stereocenters. The van der Waals surface area contributed by atoms with E-state index in [9.17, 15) is 43.5 Å². The number of aromatic nitrogens is 1. The van der Waals surface area contributed by atoms with E-state index in [1.807, 2.05) is 38.1 Å². The Balaban J connectivity index is 1.06. The number of benzene rings is 2. The Morgan fingerprint density at radius 2 is 1.62 bits per heavy atom. The topological polar surface area (TPSA) is 272 Å². The van der Waals surface area contributed by atoms with Crippen molar-refractivity contribution in [3.63, 3.8) is 0 Å². The van der Waals surface area contributed by atoms with Gasteiger partial charge in [0.1, 0.15) is 36.4 Å². The Bertz CT molecular complexity index is 2690. The number of β-amino-alcohol motifs (C(OH)–C–C–N with tert-alkyl or cyclic N) is 1. The number of halogens is 1. The number of primary amides is 1. The molecule has 22 heteroatoms. The minimum absolute atomic E-state index is 0.0269. The molecule has 1 aromatic heterocycles. The molecule has 0 radical (unpaired) electrons. The molecule has 6 rings (SSSR count). The van der Waals surface area contributed by atoms with Gasteiger partial charge in [-0.1, -0.05) is 51.1 Å². The minimum Gasteiger partial charge on any atom is -0.488 e. The first-order valence-electron chi connectivity index (χ1n) is 26.8. The van der Waals surface area contributed by atoms with Gasteiger partial charge in [-0.3, -0.25) is 33.6 Å². The minimum atomic E-state index is -1.21. The lowest BCUT2D eigenvalue weighted by Crippen LogP contribution is -2.61. The number of hydrogen-bond donors (Lipinski definition) is 6. The highest BCUT2D eigenvalue weighted by molar-refractivity contribution is 7.13. The van der Waals surface area contributed by atoms with E-state index in [0.717, 1.165) is 21.7 Å². The van der Waals surface area contributed by atoms with Crippen LogP contribution in [0, 0.1) is 25.1 Å². The fourth-order valence-electron chi connectivity index (χ4n) is 10.3. The SMILES string of the molecule is CC(=O)N1CC[C@H]2CC[C@@H](C(=O)N[C@@H](CCC(N)=O)COc3cc(C)cc(CCCC(=O)N[C@H](C(=O)N4C[C@H](O)C[C@H]4C(=O)N[C@@H](C)c4ccc(-c5scnc5C)cc4)C(C)(C)C)c3F)N2C(=O)[C@@H](NC(=O)OC(C)(C)C)C1. The normalized spacial score (nSPS) is 20.8. The number of nitrogens with two attached hydrogens (primary N) is 1. The van der Waals surface area contributed by atoms with Gasteiger partial charge >= 0.3 is 6.09 Å². The summed E-state index contributed by atoms with van der Waals surface area (Å²) in [5.41, 5.74) is 9.32. The lowest BCUT2D eigenvalue weighted by atomic mass is 9.85. The van der Waals surface area contributed by atoms with E-state index in [1.165, 1.54) is 27.7 Å². The zero-order valence-electron chi connectivity index (χ0n) is 46.5. The number of nitrogens with zero attached hydrogens (tertiary/aromatic N) is 4. The molecule has 3 aliphatic heterocycles. The summed E-state index contributed by atoms with van der Waals surface area (Å²) in [7, 11) is 0. The maximum Gasteiger partial charge on any atom is 0.408 e. The summed E-state index contributed by atoms with van der Waals surface area (Å²) in [6.07, 6.45) is -0.549. The van der Waals surface area contributed by atoms with Crippen molar-refractivity contribution in [2.24, 2.45) is 11.1 Å². The molecule has 2 aromatic carbocycles. The summed E-state index contributed by atoms with van der Waals surface area (Å²) in [6, 6.07) is 5.02. The van der Waals surface area contributed by atoms with Crippen LogP contribution < -0.4 is 31.7 Å². The van der Waals surface area contributed by atoms with E-state index in [-0.39, 0.29) is 88.4 Å². The molecular formula is C56H78FN9O11S. The van der Waals surface area contributed by atoms with E-state index in [0.29, 0.717) is 18.4 Å². The Morgan fingerprint density at radius 3 is 2.24 bits per heavy atom. The molecule has 426 valence electrons. The molecule has 3 fully saturated rings. The van der Waals surface area contributed by atoms with Gasteiger partial charge in [-0.2, -0.15) is 0 Å². The fourth-order valence-corrected chi connectivity index (χ4v) is 11.1. The summed E-state index contributed by atoms with van der Waals surface area (Å²) in [5.74, 6) is -4.24. The van der Waals surface area contributed by atoms with Crippen LogP contribution >= 0.6 is 11.3 Å². The number of nitrogens with one attached hydrogen (secondary N) is 4. The number of carbonyl (C=O) groups is 8. The van der Waals surface area contributed by atoms with E-state index >= 15 is 4.39 Å². The predicted molar refractivity (Wildman–Crippen MR) is 290 cm³/mol. The number of aliphatic hydroxyl groups is 1. The van der Waals surface area contributed by atoms with Crippen LogP contribution in [0.5, 0.6) is 5.75 Å². The Labute approximate surface area is 460 Å². The molecule has 8 atom stereocenters. The van der Waals surface area contributed by atoms with Crippen LogP contribution in [0.1, 0.15) is 135 Å². The highest BCUT2D eigenvalue weighted by Gasteiger charge is 2.47. The van der Waals surface area contributed by atoms with Crippen molar-refractivity contribution in [3.05, 3.63) is 70.1 Å². The van der Waals surface area contributed by atoms with Gasteiger partial charge in [0.05, 0.1) is 40.8 Å². The largest absolute Gasteiger partial charge is 0.488 e. The summed E-state index contributed by atoms with van der Waals surface area (Å²) in [5, 5.41) is 22.1.